The van der Waals surface area contributed by atoms with E-state index in [0.29, 0.717) is 33.9 Å². The number of aromatic nitrogens is 4. The first-order valence-electron chi connectivity index (χ1n) is 9.78. The Balaban J connectivity index is 1.43. The molecule has 4 aromatic rings. The third kappa shape index (κ3) is 2.52. The molecule has 2 bridgehead atoms. The molecule has 0 unspecified atom stereocenters. The monoisotopic (exact) mass is 410 g/mol. The average Bonchev–Trinajstić information content (AvgIpc) is 3.36. The van der Waals surface area contributed by atoms with E-state index in [-0.39, 0.29) is 6.04 Å². The van der Waals surface area contributed by atoms with Crippen LogP contribution in [0.1, 0.15) is 25.7 Å². The number of rotatable bonds is 2. The van der Waals surface area contributed by atoms with Gasteiger partial charge in [-0.05, 0) is 37.8 Å². The van der Waals surface area contributed by atoms with Crippen molar-refractivity contribution in [2.75, 3.05) is 4.90 Å². The van der Waals surface area contributed by atoms with Crippen LogP contribution in [-0.2, 0) is 0 Å². The van der Waals surface area contributed by atoms with Gasteiger partial charge in [-0.1, -0.05) is 11.6 Å². The number of halogens is 1. The minimum absolute atomic E-state index is 0.281. The quantitative estimate of drug-likeness (QED) is 0.467. The van der Waals surface area contributed by atoms with E-state index in [1.54, 1.807) is 6.07 Å². The second kappa shape index (κ2) is 6.08. The van der Waals surface area contributed by atoms with E-state index in [4.69, 9.17) is 31.7 Å². The Morgan fingerprint density at radius 3 is 2.79 bits per heavy atom. The number of piperidine rings is 1. The Kier molecular flexibility index (Phi) is 3.57. The van der Waals surface area contributed by atoms with E-state index in [9.17, 15) is 4.79 Å². The second-order valence-corrected chi connectivity index (χ2v) is 8.34. The lowest BCUT2D eigenvalue weighted by Crippen LogP contribution is -2.47. The van der Waals surface area contributed by atoms with E-state index < -0.39 is 5.76 Å². The van der Waals surface area contributed by atoms with Crippen molar-refractivity contribution >= 4 is 39.7 Å². The second-order valence-electron chi connectivity index (χ2n) is 7.97. The van der Waals surface area contributed by atoms with E-state index >= 15 is 0 Å². The number of aromatic amines is 2. The van der Waals surface area contributed by atoms with Crippen molar-refractivity contribution in [3.63, 3.8) is 0 Å². The first kappa shape index (κ1) is 17.1. The molecule has 0 aliphatic carbocycles. The summed E-state index contributed by atoms with van der Waals surface area (Å²) in [5.41, 5.74) is 10.1. The van der Waals surface area contributed by atoms with Crippen LogP contribution >= 0.6 is 11.6 Å². The molecule has 3 atom stereocenters. The van der Waals surface area contributed by atoms with Crippen molar-refractivity contribution < 1.29 is 4.42 Å². The molecule has 2 aliphatic rings. The lowest BCUT2D eigenvalue weighted by atomic mass is 9.98. The summed E-state index contributed by atoms with van der Waals surface area (Å²) in [5, 5.41) is 0.420. The minimum atomic E-state index is -0.529. The Hall–Kier alpha value is -2.84. The SMILES string of the molecule is N[C@H]1C[C@H]2CC[C@@H](C1)N2c1cnc2c(-c3ccc4oc(=O)[nH]c4c3Cl)c[nH]c2n1. The molecule has 148 valence electrons. The fourth-order valence-corrected chi connectivity index (χ4v) is 5.31. The zero-order valence-corrected chi connectivity index (χ0v) is 16.2. The summed E-state index contributed by atoms with van der Waals surface area (Å²) in [5.74, 6) is 0.365. The maximum Gasteiger partial charge on any atom is 0.417 e. The molecule has 4 N–H and O–H groups in total. The van der Waals surface area contributed by atoms with Gasteiger partial charge >= 0.3 is 5.76 Å². The van der Waals surface area contributed by atoms with Crippen LogP contribution in [0.5, 0.6) is 0 Å². The molecule has 1 aromatic carbocycles. The number of benzene rings is 1. The molecular formula is C20H19ClN6O2. The first-order chi connectivity index (χ1) is 14.1. The van der Waals surface area contributed by atoms with Crippen molar-refractivity contribution in [1.82, 2.24) is 19.9 Å². The van der Waals surface area contributed by atoms with Crippen molar-refractivity contribution in [2.24, 2.45) is 5.73 Å². The molecule has 0 saturated carbocycles. The Morgan fingerprint density at radius 1 is 1.21 bits per heavy atom. The predicted octanol–water partition coefficient (Wildman–Crippen LogP) is 3.17. The Bertz CT molecular complexity index is 1290. The largest absolute Gasteiger partial charge is 0.417 e. The number of nitrogens with two attached hydrogens (primary N) is 1. The summed E-state index contributed by atoms with van der Waals surface area (Å²) in [6.45, 7) is 0. The van der Waals surface area contributed by atoms with Gasteiger partial charge in [0.25, 0.3) is 0 Å². The normalized spacial score (nSPS) is 24.1. The zero-order valence-electron chi connectivity index (χ0n) is 15.5. The average molecular weight is 411 g/mol. The first-order valence-corrected chi connectivity index (χ1v) is 10.2. The molecule has 0 spiro atoms. The molecule has 29 heavy (non-hydrogen) atoms. The summed E-state index contributed by atoms with van der Waals surface area (Å²) in [4.78, 5) is 29.3. The molecule has 8 nitrogen and oxygen atoms in total. The molecule has 2 saturated heterocycles. The third-order valence-electron chi connectivity index (χ3n) is 6.23. The standard InChI is InChI=1S/C20H19ClN6O2/c21-16-12(3-4-14-18(16)26-20(28)29-14)13-7-24-19-17(13)23-8-15(25-19)27-10-1-2-11(27)6-9(22)5-10/h3-4,7-11H,1-2,5-6,22H2,(H,24,25)(H,26,28)/t9-,10+,11-. The maximum atomic E-state index is 11.5. The number of H-pyrrole nitrogens is 2. The summed E-state index contributed by atoms with van der Waals surface area (Å²) < 4.78 is 5.08. The fourth-order valence-electron chi connectivity index (χ4n) is 5.00. The van der Waals surface area contributed by atoms with Crippen LogP contribution in [0.4, 0.5) is 5.82 Å². The van der Waals surface area contributed by atoms with Crippen LogP contribution in [-0.4, -0.2) is 38.1 Å². The lowest BCUT2D eigenvalue weighted by molar-refractivity contribution is 0.412. The topological polar surface area (TPSA) is 117 Å². The highest BCUT2D eigenvalue weighted by Crippen LogP contribution is 2.40. The minimum Gasteiger partial charge on any atom is -0.408 e. The molecule has 6 rings (SSSR count). The molecule has 5 heterocycles. The highest BCUT2D eigenvalue weighted by atomic mass is 35.5. The van der Waals surface area contributed by atoms with Crippen LogP contribution in [0.2, 0.25) is 5.02 Å². The number of nitrogens with zero attached hydrogens (tertiary/aromatic N) is 3. The van der Waals surface area contributed by atoms with Gasteiger partial charge in [-0.15, -0.1) is 0 Å². The van der Waals surface area contributed by atoms with Crippen molar-refractivity contribution in [2.45, 2.75) is 43.8 Å². The number of fused-ring (bicyclic) bond motifs is 4. The van der Waals surface area contributed by atoms with E-state index in [2.05, 4.69) is 14.9 Å². The van der Waals surface area contributed by atoms with E-state index in [0.717, 1.165) is 48.1 Å². The predicted molar refractivity (Wildman–Crippen MR) is 111 cm³/mol. The van der Waals surface area contributed by atoms with Gasteiger partial charge in [-0.25, -0.2) is 14.8 Å². The highest BCUT2D eigenvalue weighted by Gasteiger charge is 2.40. The summed E-state index contributed by atoms with van der Waals surface area (Å²) in [7, 11) is 0. The number of hydrogen-bond donors (Lipinski definition) is 3. The van der Waals surface area contributed by atoms with Crippen molar-refractivity contribution in [3.05, 3.63) is 40.1 Å². The fraction of sp³-hybridized carbons (Fsp3) is 0.350. The molecule has 0 radical (unpaired) electrons. The molecular weight excluding hydrogens is 392 g/mol. The summed E-state index contributed by atoms with van der Waals surface area (Å²) in [6, 6.07) is 4.72. The molecule has 2 fully saturated rings. The van der Waals surface area contributed by atoms with Gasteiger partial charge in [0.2, 0.25) is 0 Å². The van der Waals surface area contributed by atoms with E-state index in [1.807, 2.05) is 18.5 Å². The summed E-state index contributed by atoms with van der Waals surface area (Å²) >= 11 is 6.55. The van der Waals surface area contributed by atoms with Crippen LogP contribution < -0.4 is 16.4 Å². The highest BCUT2D eigenvalue weighted by molar-refractivity contribution is 6.38. The molecule has 0 amide bonds. The van der Waals surface area contributed by atoms with Crippen LogP contribution in [0.3, 0.4) is 0 Å². The van der Waals surface area contributed by atoms with Gasteiger partial charge < -0.3 is 20.0 Å². The Morgan fingerprint density at radius 2 is 2.00 bits per heavy atom. The van der Waals surface area contributed by atoms with Crippen molar-refractivity contribution in [1.29, 1.82) is 0 Å². The molecule has 2 aliphatic heterocycles. The number of oxazole rings is 1. The third-order valence-corrected chi connectivity index (χ3v) is 6.62. The van der Waals surface area contributed by atoms with Gasteiger partial charge in [0.1, 0.15) is 16.9 Å². The summed E-state index contributed by atoms with van der Waals surface area (Å²) in [6.07, 6.45) is 8.02. The maximum absolute atomic E-state index is 11.5. The van der Waals surface area contributed by atoms with Gasteiger partial charge in [0.05, 0.1) is 11.2 Å². The number of anilines is 1. The number of nitrogens with one attached hydrogen (secondary N) is 2. The number of hydrogen-bond acceptors (Lipinski definition) is 6. The molecule has 3 aromatic heterocycles. The molecule has 9 heteroatoms. The van der Waals surface area contributed by atoms with Gasteiger partial charge in [-0.2, -0.15) is 0 Å². The van der Waals surface area contributed by atoms with Crippen molar-refractivity contribution in [3.8, 4) is 11.1 Å². The van der Waals surface area contributed by atoms with Crippen LogP contribution in [0, 0.1) is 0 Å². The lowest BCUT2D eigenvalue weighted by Gasteiger charge is -2.38. The zero-order chi connectivity index (χ0) is 19.7. The smallest absolute Gasteiger partial charge is 0.408 e. The van der Waals surface area contributed by atoms with Crippen LogP contribution in [0.15, 0.2) is 33.7 Å². The van der Waals surface area contributed by atoms with Gasteiger partial charge in [-0.3, -0.25) is 4.98 Å². The Labute approximate surface area is 170 Å². The van der Waals surface area contributed by atoms with Crippen LogP contribution in [0.25, 0.3) is 33.4 Å². The van der Waals surface area contributed by atoms with Gasteiger partial charge in [0.15, 0.2) is 11.2 Å². The van der Waals surface area contributed by atoms with Gasteiger partial charge in [0, 0.05) is 35.4 Å². The van der Waals surface area contributed by atoms with E-state index in [1.165, 1.54) is 0 Å².